The third-order valence-corrected chi connectivity index (χ3v) is 3.25. The summed E-state index contributed by atoms with van der Waals surface area (Å²) in [6.45, 7) is 0. The Morgan fingerprint density at radius 3 is 3.07 bits per heavy atom. The van der Waals surface area contributed by atoms with Gasteiger partial charge in [-0.05, 0) is 43.0 Å². The molecule has 1 atom stereocenters. The van der Waals surface area contributed by atoms with Crippen molar-refractivity contribution in [2.75, 3.05) is 5.73 Å². The molecule has 1 unspecified atom stereocenters. The maximum atomic E-state index is 5.99. The van der Waals surface area contributed by atoms with Crippen LogP contribution in [0.4, 0.5) is 5.69 Å². The Morgan fingerprint density at radius 1 is 1.33 bits per heavy atom. The van der Waals surface area contributed by atoms with Crippen LogP contribution in [0, 0.1) is 0 Å². The van der Waals surface area contributed by atoms with Crippen molar-refractivity contribution in [3.05, 3.63) is 29.5 Å². The zero-order valence-corrected chi connectivity index (χ0v) is 8.59. The Kier molecular flexibility index (Phi) is 1.76. The van der Waals surface area contributed by atoms with E-state index in [1.807, 2.05) is 12.1 Å². The Bertz CT molecular complexity index is 513. The van der Waals surface area contributed by atoms with Gasteiger partial charge in [0.05, 0.1) is 0 Å². The molecule has 15 heavy (non-hydrogen) atoms. The van der Waals surface area contributed by atoms with Crippen LogP contribution in [-0.2, 0) is 12.8 Å². The van der Waals surface area contributed by atoms with E-state index in [2.05, 4.69) is 11.1 Å². The van der Waals surface area contributed by atoms with Crippen LogP contribution in [0.15, 0.2) is 18.2 Å². The number of benzene rings is 1. The van der Waals surface area contributed by atoms with Crippen molar-refractivity contribution >= 4 is 16.6 Å². The van der Waals surface area contributed by atoms with E-state index in [-0.39, 0.29) is 0 Å². The summed E-state index contributed by atoms with van der Waals surface area (Å²) >= 11 is 0. The highest BCUT2D eigenvalue weighted by Crippen LogP contribution is 2.29. The number of aryl methyl sites for hydroxylation is 1. The van der Waals surface area contributed by atoms with Crippen molar-refractivity contribution < 1.29 is 0 Å². The molecule has 0 saturated heterocycles. The molecule has 0 amide bonds. The number of rotatable bonds is 0. The molecule has 0 aliphatic heterocycles. The van der Waals surface area contributed by atoms with E-state index in [9.17, 15) is 0 Å². The molecule has 1 aliphatic carbocycles. The number of nitrogen functional groups attached to an aromatic ring is 1. The Hall–Kier alpha value is -1.48. The number of hydrogen-bond acceptors (Lipinski definition) is 2. The van der Waals surface area contributed by atoms with Crippen LogP contribution in [0.3, 0.4) is 0 Å². The number of nitrogens with two attached hydrogens (primary N) is 2. The fourth-order valence-corrected chi connectivity index (χ4v) is 2.46. The topological polar surface area (TPSA) is 67.8 Å². The maximum absolute atomic E-state index is 5.99. The van der Waals surface area contributed by atoms with E-state index in [0.717, 1.165) is 24.9 Å². The van der Waals surface area contributed by atoms with Gasteiger partial charge in [0.15, 0.2) is 0 Å². The lowest BCUT2D eigenvalue weighted by Crippen LogP contribution is -2.27. The molecule has 1 aromatic heterocycles. The second-order valence-electron chi connectivity index (χ2n) is 4.39. The number of fused-ring (bicyclic) bond motifs is 3. The molecular weight excluding hydrogens is 186 g/mol. The van der Waals surface area contributed by atoms with Crippen LogP contribution < -0.4 is 11.5 Å². The molecule has 0 radical (unpaired) electrons. The monoisotopic (exact) mass is 201 g/mol. The van der Waals surface area contributed by atoms with Crippen molar-refractivity contribution in [2.45, 2.75) is 25.3 Å². The summed E-state index contributed by atoms with van der Waals surface area (Å²) in [5.41, 5.74) is 16.5. The quantitative estimate of drug-likeness (QED) is 0.566. The third-order valence-electron chi connectivity index (χ3n) is 3.25. The second kappa shape index (κ2) is 3.00. The van der Waals surface area contributed by atoms with Gasteiger partial charge in [-0.1, -0.05) is 0 Å². The molecule has 3 heteroatoms. The number of nitrogens with one attached hydrogen (secondary N) is 1. The van der Waals surface area contributed by atoms with Gasteiger partial charge in [-0.3, -0.25) is 0 Å². The highest BCUT2D eigenvalue weighted by atomic mass is 14.7. The van der Waals surface area contributed by atoms with E-state index >= 15 is 0 Å². The Balaban J connectivity index is 2.25. The Morgan fingerprint density at radius 2 is 2.20 bits per heavy atom. The van der Waals surface area contributed by atoms with Crippen molar-refractivity contribution in [1.29, 1.82) is 0 Å². The molecule has 5 N–H and O–H groups in total. The first-order valence-corrected chi connectivity index (χ1v) is 5.38. The van der Waals surface area contributed by atoms with Crippen LogP contribution in [0.2, 0.25) is 0 Å². The number of hydrogen-bond donors (Lipinski definition) is 3. The molecule has 3 nitrogen and oxygen atoms in total. The smallest absolute Gasteiger partial charge is 0.0460 e. The van der Waals surface area contributed by atoms with Crippen LogP contribution in [-0.4, -0.2) is 11.0 Å². The van der Waals surface area contributed by atoms with E-state index < -0.39 is 0 Å². The van der Waals surface area contributed by atoms with E-state index in [1.54, 1.807) is 0 Å². The van der Waals surface area contributed by atoms with Crippen molar-refractivity contribution in [1.82, 2.24) is 4.98 Å². The van der Waals surface area contributed by atoms with E-state index in [1.165, 1.54) is 22.2 Å². The largest absolute Gasteiger partial charge is 0.399 e. The van der Waals surface area contributed by atoms with Gasteiger partial charge in [0.2, 0.25) is 0 Å². The molecule has 0 bridgehead atoms. The molecule has 0 saturated carbocycles. The zero-order chi connectivity index (χ0) is 10.4. The van der Waals surface area contributed by atoms with Gasteiger partial charge in [-0.2, -0.15) is 0 Å². The van der Waals surface area contributed by atoms with Gasteiger partial charge in [-0.25, -0.2) is 0 Å². The predicted octanol–water partition coefficient (Wildman–Crippen LogP) is 1.57. The number of H-pyrrole nitrogens is 1. The van der Waals surface area contributed by atoms with Crippen LogP contribution in [0.1, 0.15) is 17.7 Å². The molecule has 78 valence electrons. The lowest BCUT2D eigenvalue weighted by Gasteiger charge is -2.18. The predicted molar refractivity (Wildman–Crippen MR) is 62.7 cm³/mol. The average molecular weight is 201 g/mol. The highest BCUT2D eigenvalue weighted by Gasteiger charge is 2.19. The summed E-state index contributed by atoms with van der Waals surface area (Å²) in [6, 6.07) is 6.33. The number of anilines is 1. The standard InChI is InChI=1S/C12H15N3/c13-7-1-3-11-9(5-7)10-6-8(14)2-4-12(10)15-11/h1,3,5,8,15H,2,4,6,13-14H2. The van der Waals surface area contributed by atoms with Crippen molar-refractivity contribution in [2.24, 2.45) is 5.73 Å². The first kappa shape index (κ1) is 8.80. The minimum Gasteiger partial charge on any atom is -0.399 e. The summed E-state index contributed by atoms with van der Waals surface area (Å²) in [5, 5.41) is 1.25. The normalized spacial score (nSPS) is 20.5. The fourth-order valence-electron chi connectivity index (χ4n) is 2.46. The number of aromatic amines is 1. The first-order valence-electron chi connectivity index (χ1n) is 5.38. The van der Waals surface area contributed by atoms with Crippen LogP contribution >= 0.6 is 0 Å². The summed E-state index contributed by atoms with van der Waals surface area (Å²) < 4.78 is 0. The molecule has 0 spiro atoms. The fraction of sp³-hybridized carbons (Fsp3) is 0.333. The van der Waals surface area contributed by atoms with Crippen LogP contribution in [0.25, 0.3) is 10.9 Å². The lowest BCUT2D eigenvalue weighted by atomic mass is 9.92. The van der Waals surface area contributed by atoms with Crippen LogP contribution in [0.5, 0.6) is 0 Å². The molecule has 1 aromatic carbocycles. The van der Waals surface area contributed by atoms with E-state index in [0.29, 0.717) is 6.04 Å². The second-order valence-corrected chi connectivity index (χ2v) is 4.39. The van der Waals surface area contributed by atoms with Gasteiger partial charge in [0.1, 0.15) is 0 Å². The Labute approximate surface area is 88.5 Å². The van der Waals surface area contributed by atoms with Gasteiger partial charge < -0.3 is 16.5 Å². The summed E-state index contributed by atoms with van der Waals surface area (Å²) in [5.74, 6) is 0. The minimum absolute atomic E-state index is 0.304. The van der Waals surface area contributed by atoms with Crippen molar-refractivity contribution in [3.63, 3.8) is 0 Å². The maximum Gasteiger partial charge on any atom is 0.0460 e. The molecule has 3 rings (SSSR count). The lowest BCUT2D eigenvalue weighted by molar-refractivity contribution is 0.574. The average Bonchev–Trinajstić information content (AvgIpc) is 2.56. The number of aromatic nitrogens is 1. The molecule has 1 aliphatic rings. The third kappa shape index (κ3) is 1.31. The molecule has 0 fully saturated rings. The van der Waals surface area contributed by atoms with Crippen molar-refractivity contribution in [3.8, 4) is 0 Å². The molecule has 1 heterocycles. The van der Waals surface area contributed by atoms with E-state index in [4.69, 9.17) is 11.5 Å². The van der Waals surface area contributed by atoms with Gasteiger partial charge in [0, 0.05) is 28.3 Å². The minimum atomic E-state index is 0.304. The summed E-state index contributed by atoms with van der Waals surface area (Å²) in [4.78, 5) is 3.45. The molecule has 2 aromatic rings. The zero-order valence-electron chi connectivity index (χ0n) is 8.59. The van der Waals surface area contributed by atoms with Gasteiger partial charge in [-0.15, -0.1) is 0 Å². The first-order chi connectivity index (χ1) is 7.24. The van der Waals surface area contributed by atoms with Gasteiger partial charge >= 0.3 is 0 Å². The highest BCUT2D eigenvalue weighted by molar-refractivity contribution is 5.87. The van der Waals surface area contributed by atoms with Gasteiger partial charge in [0.25, 0.3) is 0 Å². The summed E-state index contributed by atoms with van der Waals surface area (Å²) in [7, 11) is 0. The summed E-state index contributed by atoms with van der Waals surface area (Å²) in [6.07, 6.45) is 3.11. The molecular formula is C12H15N3. The SMILES string of the molecule is Nc1ccc2[nH]c3c(c2c1)CC(N)CC3.